The van der Waals surface area contributed by atoms with Crippen molar-refractivity contribution in [2.24, 2.45) is 0 Å². The fourth-order valence-corrected chi connectivity index (χ4v) is 5.92. The quantitative estimate of drug-likeness (QED) is 0.538. The van der Waals surface area contributed by atoms with Crippen molar-refractivity contribution in [3.05, 3.63) is 77.0 Å². The van der Waals surface area contributed by atoms with E-state index >= 15 is 0 Å². The summed E-state index contributed by atoms with van der Waals surface area (Å²) in [7, 11) is 0. The third-order valence-corrected chi connectivity index (χ3v) is 7.35. The lowest BCUT2D eigenvalue weighted by Crippen LogP contribution is -2.40. The van der Waals surface area contributed by atoms with Gasteiger partial charge in [-0.25, -0.2) is 4.98 Å². The summed E-state index contributed by atoms with van der Waals surface area (Å²) in [5.41, 5.74) is 5.97. The van der Waals surface area contributed by atoms with Crippen LogP contribution in [0.25, 0.3) is 5.82 Å². The van der Waals surface area contributed by atoms with Crippen LogP contribution in [0.3, 0.4) is 0 Å². The zero-order chi connectivity index (χ0) is 22.2. The normalized spacial score (nSPS) is 21.7. The van der Waals surface area contributed by atoms with Crippen LogP contribution in [0.1, 0.15) is 72.4 Å². The van der Waals surface area contributed by atoms with E-state index < -0.39 is 0 Å². The highest BCUT2D eigenvalue weighted by atomic mass is 32.1. The van der Waals surface area contributed by atoms with Crippen molar-refractivity contribution in [3.8, 4) is 5.82 Å². The van der Waals surface area contributed by atoms with E-state index in [0.29, 0.717) is 6.04 Å². The molecule has 1 saturated carbocycles. The van der Waals surface area contributed by atoms with Crippen molar-refractivity contribution in [3.63, 3.8) is 0 Å². The average molecular weight is 446 g/mol. The highest BCUT2D eigenvalue weighted by Gasteiger charge is 2.44. The maximum Gasteiger partial charge on any atom is 0.170 e. The van der Waals surface area contributed by atoms with Gasteiger partial charge in [0, 0.05) is 29.8 Å². The standard InChI is InChI=1S/C26H31N5S/c1-17-12-14-28-23(15-17)30-18(2)16-21(19(30)3)25-24(22-11-7-8-13-27-22)29-26(32)31(25)20-9-5-4-6-10-20/h7-8,11-16,20,24-25H,4-6,9-10H2,1-3H3,(H,29,32)/t24-,25-/m1/s1. The van der Waals surface area contributed by atoms with Gasteiger partial charge in [-0.2, -0.15) is 0 Å². The van der Waals surface area contributed by atoms with Crippen molar-refractivity contribution < 1.29 is 0 Å². The van der Waals surface area contributed by atoms with Gasteiger partial charge in [-0.1, -0.05) is 25.3 Å². The van der Waals surface area contributed by atoms with Crippen LogP contribution in [0.5, 0.6) is 0 Å². The molecule has 1 aliphatic carbocycles. The number of aryl methyl sites for hydroxylation is 2. The highest BCUT2D eigenvalue weighted by Crippen LogP contribution is 2.44. The lowest BCUT2D eigenvalue weighted by molar-refractivity contribution is 0.197. The maximum absolute atomic E-state index is 5.94. The predicted octanol–water partition coefficient (Wildman–Crippen LogP) is 5.50. The summed E-state index contributed by atoms with van der Waals surface area (Å²) in [6, 6.07) is 13.3. The topological polar surface area (TPSA) is 46.0 Å². The van der Waals surface area contributed by atoms with Gasteiger partial charge in [0.25, 0.3) is 0 Å². The number of hydrogen-bond acceptors (Lipinski definition) is 3. The number of aromatic nitrogens is 3. The van der Waals surface area contributed by atoms with Gasteiger partial charge < -0.3 is 14.8 Å². The van der Waals surface area contributed by atoms with Crippen molar-refractivity contribution in [2.75, 3.05) is 0 Å². The fraction of sp³-hybridized carbons (Fsp3) is 0.423. The second kappa shape index (κ2) is 8.66. The molecule has 2 fully saturated rings. The molecular weight excluding hydrogens is 414 g/mol. The molecule has 0 spiro atoms. The minimum atomic E-state index is 0.0324. The third-order valence-electron chi connectivity index (χ3n) is 7.02. The van der Waals surface area contributed by atoms with Crippen molar-refractivity contribution >= 4 is 17.3 Å². The van der Waals surface area contributed by atoms with Crippen molar-refractivity contribution in [1.82, 2.24) is 24.8 Å². The van der Waals surface area contributed by atoms with Gasteiger partial charge in [-0.15, -0.1) is 0 Å². The Balaban J connectivity index is 1.63. The Bertz CT molecular complexity index is 1120. The smallest absolute Gasteiger partial charge is 0.170 e. The predicted molar refractivity (Wildman–Crippen MR) is 132 cm³/mol. The molecule has 3 aromatic heterocycles. The van der Waals surface area contributed by atoms with Gasteiger partial charge in [0.1, 0.15) is 5.82 Å². The minimum Gasteiger partial charge on any atom is -0.352 e. The largest absolute Gasteiger partial charge is 0.352 e. The minimum absolute atomic E-state index is 0.0324. The van der Waals surface area contributed by atoms with Gasteiger partial charge >= 0.3 is 0 Å². The Morgan fingerprint density at radius 3 is 2.50 bits per heavy atom. The van der Waals surface area contributed by atoms with Crippen LogP contribution in [0.15, 0.2) is 48.8 Å². The maximum atomic E-state index is 5.94. The lowest BCUT2D eigenvalue weighted by Gasteiger charge is -2.37. The summed E-state index contributed by atoms with van der Waals surface area (Å²) in [5, 5.41) is 4.50. The molecule has 0 amide bonds. The number of nitrogens with zero attached hydrogens (tertiary/aromatic N) is 4. The average Bonchev–Trinajstić information content (AvgIpc) is 3.30. The van der Waals surface area contributed by atoms with Gasteiger partial charge in [0.05, 0.1) is 17.8 Å². The van der Waals surface area contributed by atoms with Crippen LogP contribution in [0.4, 0.5) is 0 Å². The molecular formula is C26H31N5S. The first-order valence-corrected chi connectivity index (χ1v) is 12.1. The van der Waals surface area contributed by atoms with E-state index in [2.05, 4.69) is 64.8 Å². The van der Waals surface area contributed by atoms with Gasteiger partial charge in [0.15, 0.2) is 5.11 Å². The van der Waals surface area contributed by atoms with E-state index in [-0.39, 0.29) is 12.1 Å². The summed E-state index contributed by atoms with van der Waals surface area (Å²) >= 11 is 5.94. The Kier molecular flexibility index (Phi) is 5.72. The molecule has 2 aliphatic rings. The van der Waals surface area contributed by atoms with E-state index in [1.807, 2.05) is 24.5 Å². The molecule has 2 atom stereocenters. The molecule has 166 valence electrons. The Labute approximate surface area is 195 Å². The molecule has 0 unspecified atom stereocenters. The molecule has 1 aliphatic heterocycles. The summed E-state index contributed by atoms with van der Waals surface area (Å²) < 4.78 is 2.28. The summed E-state index contributed by atoms with van der Waals surface area (Å²) in [5.74, 6) is 0.971. The summed E-state index contributed by atoms with van der Waals surface area (Å²) in [6.45, 7) is 6.49. The molecule has 5 rings (SSSR count). The first kappa shape index (κ1) is 21.1. The number of thiocarbonyl (C=S) groups is 1. The van der Waals surface area contributed by atoms with Crippen molar-refractivity contribution in [1.29, 1.82) is 0 Å². The van der Waals surface area contributed by atoms with Crippen LogP contribution in [-0.2, 0) is 0 Å². The van der Waals surface area contributed by atoms with E-state index in [0.717, 1.165) is 16.6 Å². The van der Waals surface area contributed by atoms with Crippen LogP contribution in [-0.4, -0.2) is 30.6 Å². The first-order valence-electron chi connectivity index (χ1n) is 11.7. The number of rotatable bonds is 4. The van der Waals surface area contributed by atoms with Crippen LogP contribution >= 0.6 is 12.2 Å². The van der Waals surface area contributed by atoms with Crippen LogP contribution in [0, 0.1) is 20.8 Å². The first-order chi connectivity index (χ1) is 15.5. The third kappa shape index (κ3) is 3.71. The zero-order valence-corrected chi connectivity index (χ0v) is 19.9. The van der Waals surface area contributed by atoms with Crippen LogP contribution in [0.2, 0.25) is 0 Å². The van der Waals surface area contributed by atoms with E-state index in [1.165, 1.54) is 54.6 Å². The van der Waals surface area contributed by atoms with E-state index in [1.54, 1.807) is 0 Å². The molecule has 0 radical (unpaired) electrons. The molecule has 1 saturated heterocycles. The van der Waals surface area contributed by atoms with Crippen molar-refractivity contribution in [2.45, 2.75) is 71.0 Å². The highest BCUT2D eigenvalue weighted by molar-refractivity contribution is 7.80. The SMILES string of the molecule is Cc1ccnc(-n2c(C)cc([C@@H]3[C@@H](c4ccccn4)NC(=S)N3C3CCCCC3)c2C)c1. The monoisotopic (exact) mass is 445 g/mol. The summed E-state index contributed by atoms with van der Waals surface area (Å²) in [6.07, 6.45) is 10.0. The molecule has 32 heavy (non-hydrogen) atoms. The second-order valence-corrected chi connectivity index (χ2v) is 9.57. The molecule has 5 nitrogen and oxygen atoms in total. The van der Waals surface area contributed by atoms with Gasteiger partial charge in [-0.3, -0.25) is 4.98 Å². The molecule has 6 heteroatoms. The lowest BCUT2D eigenvalue weighted by atomic mass is 9.90. The number of hydrogen-bond donors (Lipinski definition) is 1. The molecule has 0 aromatic carbocycles. The van der Waals surface area contributed by atoms with Crippen LogP contribution < -0.4 is 5.32 Å². The fourth-order valence-electron chi connectivity index (χ4n) is 5.53. The Hall–Kier alpha value is -2.73. The number of pyridine rings is 2. The van der Waals surface area contributed by atoms with Gasteiger partial charge in [0.2, 0.25) is 0 Å². The molecule has 4 heterocycles. The zero-order valence-electron chi connectivity index (χ0n) is 19.1. The summed E-state index contributed by atoms with van der Waals surface area (Å²) in [4.78, 5) is 11.9. The van der Waals surface area contributed by atoms with Gasteiger partial charge in [-0.05, 0) is 87.3 Å². The van der Waals surface area contributed by atoms with E-state index in [4.69, 9.17) is 17.2 Å². The molecule has 1 N–H and O–H groups in total. The Morgan fingerprint density at radius 2 is 1.78 bits per heavy atom. The molecule has 0 bridgehead atoms. The molecule has 3 aromatic rings. The second-order valence-electron chi connectivity index (χ2n) is 9.18. The Morgan fingerprint density at radius 1 is 0.969 bits per heavy atom. The van der Waals surface area contributed by atoms with E-state index in [9.17, 15) is 0 Å². The number of nitrogens with one attached hydrogen (secondary N) is 1.